The zero-order valence-corrected chi connectivity index (χ0v) is 10.3. The van der Waals surface area contributed by atoms with E-state index in [0.29, 0.717) is 0 Å². The van der Waals surface area contributed by atoms with E-state index in [9.17, 15) is 0 Å². The topological polar surface area (TPSA) is 61.5 Å². The normalized spacial score (nSPS) is 25.1. The maximum Gasteiger partial charge on any atom is 0.168 e. The lowest BCUT2D eigenvalue weighted by Gasteiger charge is -2.19. The highest BCUT2D eigenvalue weighted by atomic mass is 32.2. The molecule has 2 aliphatic rings. The van der Waals surface area contributed by atoms with E-state index < -0.39 is 0 Å². The van der Waals surface area contributed by atoms with Crippen LogP contribution in [0.5, 0.6) is 0 Å². The average Bonchev–Trinajstić information content (AvgIpc) is 2.77. The van der Waals surface area contributed by atoms with Crippen LogP contribution in [0.4, 0.5) is 0 Å². The molecule has 2 rings (SSSR count). The maximum absolute atomic E-state index is 4.50. The molecule has 16 heavy (non-hydrogen) atoms. The summed E-state index contributed by atoms with van der Waals surface area (Å²) >= 11 is 1.56. The van der Waals surface area contributed by atoms with Crippen molar-refractivity contribution in [2.45, 2.75) is 25.8 Å². The third kappa shape index (κ3) is 2.32. The molecule has 0 radical (unpaired) electrons. The van der Waals surface area contributed by atoms with E-state index in [1.807, 2.05) is 6.26 Å². The van der Waals surface area contributed by atoms with E-state index in [4.69, 9.17) is 0 Å². The standard InChI is InChI=1S/C10H15N5S/c1-3-4-5-11-8-7-9(13-6-12-7)15-10(14-8)16-2/h6-7H,3-5H2,1-2H3,(H,11,12,13,14,15). The van der Waals surface area contributed by atoms with Gasteiger partial charge < -0.3 is 5.32 Å². The summed E-state index contributed by atoms with van der Waals surface area (Å²) in [5.41, 5.74) is 0. The van der Waals surface area contributed by atoms with Gasteiger partial charge in [0.15, 0.2) is 17.0 Å². The highest BCUT2D eigenvalue weighted by Crippen LogP contribution is 2.12. The number of fused-ring (bicyclic) bond motifs is 1. The molecule has 0 amide bonds. The fraction of sp³-hybridized carbons (Fsp3) is 0.600. The molecule has 0 aromatic heterocycles. The van der Waals surface area contributed by atoms with Crippen molar-refractivity contribution in [2.24, 2.45) is 20.0 Å². The van der Waals surface area contributed by atoms with Gasteiger partial charge in [0.1, 0.15) is 12.2 Å². The summed E-state index contributed by atoms with van der Waals surface area (Å²) in [5, 5.41) is 3.99. The van der Waals surface area contributed by atoms with Gasteiger partial charge in [-0.1, -0.05) is 25.1 Å². The summed E-state index contributed by atoms with van der Waals surface area (Å²) in [5.74, 6) is 1.62. The predicted molar refractivity (Wildman–Crippen MR) is 71.0 cm³/mol. The van der Waals surface area contributed by atoms with Crippen LogP contribution in [-0.2, 0) is 0 Å². The van der Waals surface area contributed by atoms with E-state index in [0.717, 1.165) is 36.2 Å². The van der Waals surface area contributed by atoms with Gasteiger partial charge in [-0.05, 0) is 12.7 Å². The number of nitrogens with one attached hydrogen (secondary N) is 1. The summed E-state index contributed by atoms with van der Waals surface area (Å²) in [4.78, 5) is 17.4. The molecule has 86 valence electrons. The number of rotatable bonds is 3. The van der Waals surface area contributed by atoms with Gasteiger partial charge in [-0.3, -0.25) is 9.98 Å². The van der Waals surface area contributed by atoms with Crippen LogP contribution in [0.15, 0.2) is 20.0 Å². The number of hydrogen-bond acceptors (Lipinski definition) is 5. The highest BCUT2D eigenvalue weighted by Gasteiger charge is 2.29. The number of nitrogens with zero attached hydrogens (tertiary/aromatic N) is 4. The van der Waals surface area contributed by atoms with Crippen LogP contribution >= 0.6 is 11.8 Å². The van der Waals surface area contributed by atoms with Crippen LogP contribution in [-0.4, -0.2) is 42.0 Å². The van der Waals surface area contributed by atoms with Crippen LogP contribution in [0, 0.1) is 0 Å². The Morgan fingerprint density at radius 3 is 3.19 bits per heavy atom. The molecule has 5 nitrogen and oxygen atoms in total. The lowest BCUT2D eigenvalue weighted by atomic mass is 10.2. The minimum Gasteiger partial charge on any atom is -0.321 e. The molecule has 6 heteroatoms. The molecule has 0 saturated carbocycles. The SMILES string of the molecule is CCCCN=C1N=C(SC)NC2=NC=NC12. The predicted octanol–water partition coefficient (Wildman–Crippen LogP) is 1.32. The van der Waals surface area contributed by atoms with Crippen LogP contribution in [0.3, 0.4) is 0 Å². The lowest BCUT2D eigenvalue weighted by Crippen LogP contribution is -2.44. The van der Waals surface area contributed by atoms with Crippen molar-refractivity contribution in [1.82, 2.24) is 5.32 Å². The van der Waals surface area contributed by atoms with Gasteiger partial charge in [0.25, 0.3) is 0 Å². The van der Waals surface area contributed by atoms with Gasteiger partial charge in [0.05, 0.1) is 0 Å². The first-order valence-corrected chi connectivity index (χ1v) is 6.61. The van der Waals surface area contributed by atoms with Gasteiger partial charge in [0, 0.05) is 6.54 Å². The van der Waals surface area contributed by atoms with E-state index in [-0.39, 0.29) is 6.04 Å². The fourth-order valence-electron chi connectivity index (χ4n) is 1.47. The highest BCUT2D eigenvalue weighted by molar-refractivity contribution is 8.13. The molecule has 0 fully saturated rings. The Bertz CT molecular complexity index is 383. The van der Waals surface area contributed by atoms with Crippen molar-refractivity contribution in [1.29, 1.82) is 0 Å². The second-order valence-electron chi connectivity index (χ2n) is 3.52. The van der Waals surface area contributed by atoms with E-state index >= 15 is 0 Å². The maximum atomic E-state index is 4.50. The average molecular weight is 237 g/mol. The third-order valence-corrected chi connectivity index (χ3v) is 2.93. The summed E-state index contributed by atoms with van der Waals surface area (Å²) in [7, 11) is 0. The molecule has 0 aromatic rings. The lowest BCUT2D eigenvalue weighted by molar-refractivity contribution is 0.803. The van der Waals surface area contributed by atoms with Crippen LogP contribution in [0.2, 0.25) is 0 Å². The number of aliphatic imine (C=N–C) groups is 4. The van der Waals surface area contributed by atoms with Crippen molar-refractivity contribution < 1.29 is 0 Å². The first-order valence-electron chi connectivity index (χ1n) is 5.38. The Balaban J connectivity index is 2.16. The van der Waals surface area contributed by atoms with Crippen LogP contribution < -0.4 is 5.32 Å². The largest absolute Gasteiger partial charge is 0.321 e. The van der Waals surface area contributed by atoms with E-state index in [1.54, 1.807) is 18.1 Å². The second-order valence-corrected chi connectivity index (χ2v) is 4.32. The molecule has 1 unspecified atom stereocenters. The molecule has 0 aliphatic carbocycles. The molecule has 2 heterocycles. The van der Waals surface area contributed by atoms with E-state index in [2.05, 4.69) is 32.2 Å². The second kappa shape index (κ2) is 5.25. The molecule has 0 spiro atoms. The fourth-order valence-corrected chi connectivity index (χ4v) is 1.86. The van der Waals surface area contributed by atoms with Crippen LogP contribution in [0.1, 0.15) is 19.8 Å². The molecular weight excluding hydrogens is 222 g/mol. The van der Waals surface area contributed by atoms with Gasteiger partial charge in [-0.25, -0.2) is 9.98 Å². The smallest absolute Gasteiger partial charge is 0.168 e. The first kappa shape index (κ1) is 11.3. The molecule has 0 bridgehead atoms. The van der Waals surface area contributed by atoms with Gasteiger partial charge in [-0.15, -0.1) is 0 Å². The third-order valence-electron chi connectivity index (χ3n) is 2.35. The molecule has 2 aliphatic heterocycles. The zero-order chi connectivity index (χ0) is 11.4. The summed E-state index contributed by atoms with van der Waals surface area (Å²) in [6, 6.07) is -0.104. The Morgan fingerprint density at radius 1 is 1.56 bits per heavy atom. The van der Waals surface area contributed by atoms with Gasteiger partial charge >= 0.3 is 0 Å². The first-order chi connectivity index (χ1) is 7.85. The van der Waals surface area contributed by atoms with Crippen molar-refractivity contribution in [2.75, 3.05) is 12.8 Å². The van der Waals surface area contributed by atoms with E-state index in [1.165, 1.54) is 0 Å². The Labute approximate surface area is 99.3 Å². The zero-order valence-electron chi connectivity index (χ0n) is 9.47. The molecular formula is C10H15N5S. The molecule has 0 aromatic carbocycles. The minimum atomic E-state index is -0.104. The molecule has 0 saturated heterocycles. The summed E-state index contributed by atoms with van der Waals surface area (Å²) in [6.45, 7) is 2.97. The molecule has 1 atom stereocenters. The number of amidine groups is 3. The summed E-state index contributed by atoms with van der Waals surface area (Å²) in [6.07, 6.45) is 5.78. The monoisotopic (exact) mass is 237 g/mol. The number of unbranched alkanes of at least 4 members (excludes halogenated alkanes) is 1. The number of thioether (sulfide) groups is 1. The Kier molecular flexibility index (Phi) is 3.71. The minimum absolute atomic E-state index is 0.104. The van der Waals surface area contributed by atoms with Gasteiger partial charge in [0.2, 0.25) is 0 Å². The van der Waals surface area contributed by atoms with Crippen molar-refractivity contribution in [3.63, 3.8) is 0 Å². The summed E-state index contributed by atoms with van der Waals surface area (Å²) < 4.78 is 0. The van der Waals surface area contributed by atoms with Crippen LogP contribution in [0.25, 0.3) is 0 Å². The van der Waals surface area contributed by atoms with Crippen molar-refractivity contribution in [3.8, 4) is 0 Å². The number of hydrogen-bond donors (Lipinski definition) is 1. The molecule has 1 N–H and O–H groups in total. The Morgan fingerprint density at radius 2 is 2.44 bits per heavy atom. The Hall–Kier alpha value is -1.17. The van der Waals surface area contributed by atoms with Gasteiger partial charge in [-0.2, -0.15) is 0 Å². The van der Waals surface area contributed by atoms with Crippen molar-refractivity contribution in [3.05, 3.63) is 0 Å². The quantitative estimate of drug-likeness (QED) is 0.752. The van der Waals surface area contributed by atoms with Crippen molar-refractivity contribution >= 4 is 34.9 Å².